The number of fused-ring (bicyclic) bond motifs is 4. The van der Waals surface area contributed by atoms with E-state index in [1.165, 1.54) is 0 Å². The number of nitrogens with one attached hydrogen (secondary N) is 1. The van der Waals surface area contributed by atoms with Crippen molar-refractivity contribution in [3.8, 4) is 34.1 Å². The van der Waals surface area contributed by atoms with Gasteiger partial charge < -0.3 is 24.6 Å². The molecule has 0 atom stereocenters. The quantitative estimate of drug-likeness (QED) is 0.744. The first kappa shape index (κ1) is 15.8. The molecule has 0 fully saturated rings. The summed E-state index contributed by atoms with van der Waals surface area (Å²) in [4.78, 5) is 12.3. The molecule has 2 aliphatic rings. The maximum absolute atomic E-state index is 12.3. The van der Waals surface area contributed by atoms with Crippen molar-refractivity contribution in [2.24, 2.45) is 0 Å². The van der Waals surface area contributed by atoms with Crippen molar-refractivity contribution in [1.29, 1.82) is 0 Å². The predicted molar refractivity (Wildman–Crippen MR) is 99.5 cm³/mol. The number of hydrogen-bond acceptors (Lipinski definition) is 5. The Labute approximate surface area is 155 Å². The zero-order valence-corrected chi connectivity index (χ0v) is 14.7. The third kappa shape index (κ3) is 2.30. The van der Waals surface area contributed by atoms with Gasteiger partial charge in [-0.2, -0.15) is 0 Å². The minimum Gasteiger partial charge on any atom is -0.504 e. The fourth-order valence-corrected chi connectivity index (χ4v) is 3.81. The predicted octanol–water partition coefficient (Wildman–Crippen LogP) is 3.58. The summed E-state index contributed by atoms with van der Waals surface area (Å²) in [6.07, 6.45) is 0. The second-order valence-electron chi connectivity index (χ2n) is 6.47. The zero-order chi connectivity index (χ0) is 18.5. The van der Waals surface area contributed by atoms with Gasteiger partial charge in [-0.3, -0.25) is 4.79 Å². The summed E-state index contributed by atoms with van der Waals surface area (Å²) >= 11 is 0. The third-order valence-corrected chi connectivity index (χ3v) is 4.97. The Morgan fingerprint density at radius 3 is 2.89 bits per heavy atom. The monoisotopic (exact) mass is 363 g/mol. The number of rotatable bonds is 3. The van der Waals surface area contributed by atoms with Crippen LogP contribution >= 0.6 is 0 Å². The summed E-state index contributed by atoms with van der Waals surface area (Å²) in [5.41, 5.74) is 3.18. The third-order valence-electron chi connectivity index (χ3n) is 4.97. The molecular formula is C21H17NO5. The number of ether oxygens (including phenoxy) is 3. The molecule has 0 aromatic heterocycles. The van der Waals surface area contributed by atoms with E-state index in [4.69, 9.17) is 14.2 Å². The van der Waals surface area contributed by atoms with Crippen molar-refractivity contribution in [3.63, 3.8) is 0 Å². The lowest BCUT2D eigenvalue weighted by Gasteiger charge is -2.15. The Kier molecular flexibility index (Phi) is 3.40. The van der Waals surface area contributed by atoms with Gasteiger partial charge in [0.25, 0.3) is 5.91 Å². The summed E-state index contributed by atoms with van der Waals surface area (Å²) in [5, 5.41) is 15.0. The summed E-state index contributed by atoms with van der Waals surface area (Å²) in [5.74, 6) is 1.73. The Morgan fingerprint density at radius 2 is 2.07 bits per heavy atom. The lowest BCUT2D eigenvalue weighted by atomic mass is 9.90. The highest BCUT2D eigenvalue weighted by Crippen LogP contribution is 2.47. The Hall–Kier alpha value is -3.41. The molecule has 0 unspecified atom stereocenters. The van der Waals surface area contributed by atoms with Gasteiger partial charge in [-0.05, 0) is 53.3 Å². The second-order valence-corrected chi connectivity index (χ2v) is 6.47. The van der Waals surface area contributed by atoms with E-state index in [9.17, 15) is 9.90 Å². The molecule has 6 nitrogen and oxygen atoms in total. The Balaban J connectivity index is 1.84. The van der Waals surface area contributed by atoms with E-state index in [0.29, 0.717) is 36.0 Å². The van der Waals surface area contributed by atoms with Crippen LogP contribution in [-0.2, 0) is 6.54 Å². The first-order chi connectivity index (χ1) is 13.2. The van der Waals surface area contributed by atoms with Crippen LogP contribution in [0.15, 0.2) is 36.4 Å². The number of phenolic OH excluding ortho intramolecular Hbond substituents is 1. The molecule has 27 heavy (non-hydrogen) atoms. The number of hydrogen-bond donors (Lipinski definition) is 2. The van der Waals surface area contributed by atoms with Crippen LogP contribution in [-0.4, -0.2) is 24.4 Å². The minimum absolute atomic E-state index is 0.0575. The molecule has 2 heterocycles. The van der Waals surface area contributed by atoms with Gasteiger partial charge >= 0.3 is 0 Å². The van der Waals surface area contributed by atoms with Crippen LogP contribution < -0.4 is 19.5 Å². The summed E-state index contributed by atoms with van der Waals surface area (Å²) in [6, 6.07) is 10.9. The van der Waals surface area contributed by atoms with Crippen LogP contribution in [0.4, 0.5) is 0 Å². The van der Waals surface area contributed by atoms with E-state index in [2.05, 4.69) is 5.32 Å². The zero-order valence-electron chi connectivity index (χ0n) is 14.7. The largest absolute Gasteiger partial charge is 0.504 e. The molecule has 3 aromatic carbocycles. The van der Waals surface area contributed by atoms with Gasteiger partial charge in [0.2, 0.25) is 6.79 Å². The van der Waals surface area contributed by atoms with Crippen molar-refractivity contribution in [2.75, 3.05) is 13.4 Å². The molecule has 3 aromatic rings. The van der Waals surface area contributed by atoms with Crippen LogP contribution in [0.3, 0.4) is 0 Å². The standard InChI is InChI=1S/C21H17NO5/c1-2-25-16-5-3-12(8-15(16)23)18-14-9-22-21(24)13(14)7-11-4-6-17-20(19(11)18)27-10-26-17/h3-8,23H,2,9-10H2,1H3,(H,22,24). The molecule has 1 amide bonds. The average molecular weight is 363 g/mol. The van der Waals surface area contributed by atoms with Crippen molar-refractivity contribution < 1.29 is 24.1 Å². The first-order valence-corrected chi connectivity index (χ1v) is 8.80. The van der Waals surface area contributed by atoms with Crippen LogP contribution in [0, 0.1) is 0 Å². The number of carbonyl (C=O) groups is 1. The molecule has 0 bridgehead atoms. The highest BCUT2D eigenvalue weighted by Gasteiger charge is 2.29. The van der Waals surface area contributed by atoms with Crippen LogP contribution in [0.25, 0.3) is 21.9 Å². The van der Waals surface area contributed by atoms with Crippen molar-refractivity contribution >= 4 is 16.7 Å². The molecule has 2 aliphatic heterocycles. The Bertz CT molecular complexity index is 1110. The van der Waals surface area contributed by atoms with Gasteiger partial charge in [0.1, 0.15) is 0 Å². The normalized spacial score (nSPS) is 14.3. The number of phenols is 1. The topological polar surface area (TPSA) is 77.0 Å². The molecule has 6 heteroatoms. The SMILES string of the molecule is CCOc1ccc(-c2c3c(cc4ccc5c(c24)OCO5)C(=O)NC3)cc1O. The van der Waals surface area contributed by atoms with Crippen molar-refractivity contribution in [3.05, 3.63) is 47.5 Å². The second kappa shape index (κ2) is 5.81. The summed E-state index contributed by atoms with van der Waals surface area (Å²) in [7, 11) is 0. The maximum Gasteiger partial charge on any atom is 0.251 e. The smallest absolute Gasteiger partial charge is 0.251 e. The fraction of sp³-hybridized carbons (Fsp3) is 0.190. The van der Waals surface area contributed by atoms with Gasteiger partial charge in [-0.1, -0.05) is 12.1 Å². The van der Waals surface area contributed by atoms with Crippen LogP contribution in [0.1, 0.15) is 22.8 Å². The molecule has 0 spiro atoms. The van der Waals surface area contributed by atoms with E-state index >= 15 is 0 Å². The summed E-state index contributed by atoms with van der Waals surface area (Å²) < 4.78 is 16.7. The van der Waals surface area contributed by atoms with Crippen molar-refractivity contribution in [2.45, 2.75) is 13.5 Å². The number of aromatic hydroxyl groups is 1. The molecule has 2 N–H and O–H groups in total. The lowest BCUT2D eigenvalue weighted by Crippen LogP contribution is -2.12. The van der Waals surface area contributed by atoms with Gasteiger partial charge in [-0.25, -0.2) is 0 Å². The molecule has 0 aliphatic carbocycles. The van der Waals surface area contributed by atoms with Crippen LogP contribution in [0.5, 0.6) is 23.0 Å². The van der Waals surface area contributed by atoms with Gasteiger partial charge in [0.05, 0.1) is 6.61 Å². The molecular weight excluding hydrogens is 346 g/mol. The lowest BCUT2D eigenvalue weighted by molar-refractivity contribution is 0.0966. The number of benzene rings is 3. The minimum atomic E-state index is -0.0963. The average Bonchev–Trinajstić information content (AvgIpc) is 3.29. The van der Waals surface area contributed by atoms with Crippen molar-refractivity contribution in [1.82, 2.24) is 5.32 Å². The molecule has 5 rings (SSSR count). The van der Waals surface area contributed by atoms with E-state index in [1.807, 2.05) is 31.2 Å². The number of amides is 1. The molecule has 136 valence electrons. The molecule has 0 radical (unpaired) electrons. The fourth-order valence-electron chi connectivity index (χ4n) is 3.81. The highest BCUT2D eigenvalue weighted by molar-refractivity contribution is 6.11. The first-order valence-electron chi connectivity index (χ1n) is 8.80. The summed E-state index contributed by atoms with van der Waals surface area (Å²) in [6.45, 7) is 2.92. The molecule has 0 saturated heterocycles. The van der Waals surface area contributed by atoms with E-state index in [-0.39, 0.29) is 18.4 Å². The van der Waals surface area contributed by atoms with E-state index in [1.54, 1.807) is 12.1 Å². The van der Waals surface area contributed by atoms with Gasteiger partial charge in [0, 0.05) is 17.5 Å². The molecule has 0 saturated carbocycles. The van der Waals surface area contributed by atoms with Gasteiger partial charge in [0.15, 0.2) is 23.0 Å². The van der Waals surface area contributed by atoms with Crippen LogP contribution in [0.2, 0.25) is 0 Å². The van der Waals surface area contributed by atoms with E-state index in [0.717, 1.165) is 27.5 Å². The Morgan fingerprint density at radius 1 is 1.19 bits per heavy atom. The van der Waals surface area contributed by atoms with E-state index < -0.39 is 0 Å². The highest BCUT2D eigenvalue weighted by atomic mass is 16.7. The number of carbonyl (C=O) groups excluding carboxylic acids is 1. The maximum atomic E-state index is 12.3. The van der Waals surface area contributed by atoms with Gasteiger partial charge in [-0.15, -0.1) is 0 Å².